The number of hydrogen-bond donors (Lipinski definition) is 2. The molecule has 134 valence electrons. The first-order valence-corrected chi connectivity index (χ1v) is 9.87. The van der Waals surface area contributed by atoms with E-state index < -0.39 is 0 Å². The van der Waals surface area contributed by atoms with Gasteiger partial charge in [0.15, 0.2) is 0 Å². The second-order valence-corrected chi connectivity index (χ2v) is 7.92. The number of carbonyl (C=O) groups is 1. The van der Waals surface area contributed by atoms with Crippen LogP contribution in [0.15, 0.2) is 24.5 Å². The second kappa shape index (κ2) is 7.21. The van der Waals surface area contributed by atoms with Gasteiger partial charge in [-0.3, -0.25) is 4.79 Å². The summed E-state index contributed by atoms with van der Waals surface area (Å²) in [6.07, 6.45) is 6.17. The second-order valence-electron chi connectivity index (χ2n) is 6.43. The van der Waals surface area contributed by atoms with Gasteiger partial charge in [-0.15, -0.1) is 11.3 Å². The quantitative estimate of drug-likeness (QED) is 0.688. The van der Waals surface area contributed by atoms with Crippen molar-refractivity contribution in [1.82, 2.24) is 9.97 Å². The monoisotopic (exact) mass is 386 g/mol. The number of fused-ring (bicyclic) bond motifs is 3. The molecule has 1 aliphatic carbocycles. The molecule has 26 heavy (non-hydrogen) atoms. The third-order valence-electron chi connectivity index (χ3n) is 4.71. The predicted molar refractivity (Wildman–Crippen MR) is 107 cm³/mol. The molecule has 1 aliphatic rings. The van der Waals surface area contributed by atoms with Gasteiger partial charge < -0.3 is 10.6 Å². The number of rotatable bonds is 4. The summed E-state index contributed by atoms with van der Waals surface area (Å²) < 4.78 is 0. The molecule has 0 radical (unpaired) electrons. The fourth-order valence-electron chi connectivity index (χ4n) is 3.33. The van der Waals surface area contributed by atoms with Crippen LogP contribution in [-0.4, -0.2) is 22.4 Å². The van der Waals surface area contributed by atoms with Crippen LogP contribution in [0.5, 0.6) is 0 Å². The molecule has 0 saturated heterocycles. The van der Waals surface area contributed by atoms with E-state index in [4.69, 9.17) is 11.6 Å². The van der Waals surface area contributed by atoms with E-state index in [9.17, 15) is 4.79 Å². The first-order valence-electron chi connectivity index (χ1n) is 8.67. The summed E-state index contributed by atoms with van der Waals surface area (Å²) in [5, 5.41) is 7.81. The summed E-state index contributed by atoms with van der Waals surface area (Å²) in [5.41, 5.74) is 2.94. The van der Waals surface area contributed by atoms with E-state index in [1.165, 1.54) is 23.3 Å². The highest BCUT2D eigenvalue weighted by atomic mass is 35.5. The zero-order valence-corrected chi connectivity index (χ0v) is 16.0. The van der Waals surface area contributed by atoms with Gasteiger partial charge in [-0.05, 0) is 55.9 Å². The third kappa shape index (κ3) is 3.27. The number of amides is 1. The Balaban J connectivity index is 1.52. The lowest BCUT2D eigenvalue weighted by Crippen LogP contribution is -2.22. The number of anilines is 2. The maximum atomic E-state index is 12.4. The lowest BCUT2D eigenvalue weighted by atomic mass is 9.97. The molecular formula is C19H19ClN4OS. The summed E-state index contributed by atoms with van der Waals surface area (Å²) in [4.78, 5) is 23.6. The molecule has 0 bridgehead atoms. The molecule has 4 rings (SSSR count). The Morgan fingerprint density at radius 2 is 2.12 bits per heavy atom. The number of carbonyl (C=O) groups excluding carboxylic acids is 1. The molecule has 0 unspecified atom stereocenters. The Morgan fingerprint density at radius 3 is 3.00 bits per heavy atom. The van der Waals surface area contributed by atoms with Crippen molar-refractivity contribution >= 4 is 50.6 Å². The third-order valence-corrected chi connectivity index (χ3v) is 6.32. The SMILES string of the molecule is Cc1c(Cl)cccc1NC(=O)CNc1ncnc2sc3c(c12)CCCC3. The van der Waals surface area contributed by atoms with Gasteiger partial charge in [0.2, 0.25) is 5.91 Å². The maximum Gasteiger partial charge on any atom is 0.243 e. The van der Waals surface area contributed by atoms with Crippen molar-refractivity contribution in [2.24, 2.45) is 0 Å². The molecule has 0 saturated carbocycles. The van der Waals surface area contributed by atoms with Gasteiger partial charge in [-0.1, -0.05) is 17.7 Å². The number of halogens is 1. The molecule has 2 heterocycles. The molecule has 1 amide bonds. The molecular weight excluding hydrogens is 368 g/mol. The molecule has 0 fully saturated rings. The van der Waals surface area contributed by atoms with Crippen LogP contribution in [0.4, 0.5) is 11.5 Å². The van der Waals surface area contributed by atoms with Crippen molar-refractivity contribution in [1.29, 1.82) is 0 Å². The highest BCUT2D eigenvalue weighted by Gasteiger charge is 2.20. The Bertz CT molecular complexity index is 985. The van der Waals surface area contributed by atoms with Crippen LogP contribution in [-0.2, 0) is 17.6 Å². The van der Waals surface area contributed by atoms with Crippen LogP contribution in [0.25, 0.3) is 10.2 Å². The zero-order chi connectivity index (χ0) is 18.1. The number of thiophene rings is 1. The van der Waals surface area contributed by atoms with Crippen LogP contribution >= 0.6 is 22.9 Å². The highest BCUT2D eigenvalue weighted by Crippen LogP contribution is 2.38. The first-order chi connectivity index (χ1) is 12.6. The van der Waals surface area contributed by atoms with Crippen LogP contribution in [0.1, 0.15) is 28.8 Å². The van der Waals surface area contributed by atoms with Crippen molar-refractivity contribution in [3.8, 4) is 0 Å². The fourth-order valence-corrected chi connectivity index (χ4v) is 4.73. The number of hydrogen-bond acceptors (Lipinski definition) is 5. The highest BCUT2D eigenvalue weighted by molar-refractivity contribution is 7.19. The fraction of sp³-hybridized carbons (Fsp3) is 0.316. The summed E-state index contributed by atoms with van der Waals surface area (Å²) >= 11 is 7.86. The van der Waals surface area contributed by atoms with E-state index in [0.29, 0.717) is 5.02 Å². The number of benzene rings is 1. The molecule has 1 aromatic carbocycles. The predicted octanol–water partition coefficient (Wildman–Crippen LogP) is 4.58. The Hall–Kier alpha value is -2.18. The number of nitrogens with zero attached hydrogens (tertiary/aromatic N) is 2. The van der Waals surface area contributed by atoms with Gasteiger partial charge >= 0.3 is 0 Å². The topological polar surface area (TPSA) is 66.9 Å². The summed E-state index contributed by atoms with van der Waals surface area (Å²) in [6, 6.07) is 5.48. The van der Waals surface area contributed by atoms with E-state index in [2.05, 4.69) is 20.6 Å². The lowest BCUT2D eigenvalue weighted by Gasteiger charge is -2.13. The minimum absolute atomic E-state index is 0.133. The van der Waals surface area contributed by atoms with Gasteiger partial charge in [0.05, 0.1) is 11.9 Å². The molecule has 2 aromatic heterocycles. The van der Waals surface area contributed by atoms with Crippen molar-refractivity contribution in [2.75, 3.05) is 17.2 Å². The van der Waals surface area contributed by atoms with E-state index in [1.807, 2.05) is 25.1 Å². The van der Waals surface area contributed by atoms with Crippen molar-refractivity contribution in [3.63, 3.8) is 0 Å². The Labute approximate surface area is 160 Å². The Kier molecular flexibility index (Phi) is 4.78. The standard InChI is InChI=1S/C19H19ClN4OS/c1-11-13(20)6-4-7-14(11)24-16(25)9-21-18-17-12-5-2-3-8-15(12)26-19(17)23-10-22-18/h4,6-7,10H,2-3,5,8-9H2,1H3,(H,24,25)(H,21,22,23). The Morgan fingerprint density at radius 1 is 1.27 bits per heavy atom. The molecule has 7 heteroatoms. The zero-order valence-electron chi connectivity index (χ0n) is 14.4. The largest absolute Gasteiger partial charge is 0.360 e. The van der Waals surface area contributed by atoms with E-state index in [0.717, 1.165) is 40.1 Å². The van der Waals surface area contributed by atoms with Crippen molar-refractivity contribution < 1.29 is 4.79 Å². The number of aromatic nitrogens is 2. The summed E-state index contributed by atoms with van der Waals surface area (Å²) in [5.74, 6) is 0.610. The average molecular weight is 387 g/mol. The molecule has 2 N–H and O–H groups in total. The van der Waals surface area contributed by atoms with E-state index in [1.54, 1.807) is 17.7 Å². The summed E-state index contributed by atoms with van der Waals surface area (Å²) in [7, 11) is 0. The molecule has 3 aromatic rings. The minimum Gasteiger partial charge on any atom is -0.360 e. The van der Waals surface area contributed by atoms with Crippen LogP contribution in [0.2, 0.25) is 5.02 Å². The van der Waals surface area contributed by atoms with E-state index in [-0.39, 0.29) is 12.5 Å². The van der Waals surface area contributed by atoms with E-state index >= 15 is 0 Å². The molecule has 0 aliphatic heterocycles. The number of nitrogens with one attached hydrogen (secondary N) is 2. The summed E-state index contributed by atoms with van der Waals surface area (Å²) in [6.45, 7) is 2.03. The van der Waals surface area contributed by atoms with Gasteiger partial charge in [0.1, 0.15) is 17.0 Å². The van der Waals surface area contributed by atoms with Crippen LogP contribution < -0.4 is 10.6 Å². The van der Waals surface area contributed by atoms with Gasteiger partial charge in [0.25, 0.3) is 0 Å². The first kappa shape index (κ1) is 17.2. The molecule has 5 nitrogen and oxygen atoms in total. The van der Waals surface area contributed by atoms with Gasteiger partial charge in [0, 0.05) is 15.6 Å². The molecule has 0 spiro atoms. The van der Waals surface area contributed by atoms with Gasteiger partial charge in [-0.2, -0.15) is 0 Å². The van der Waals surface area contributed by atoms with Crippen LogP contribution in [0, 0.1) is 6.92 Å². The van der Waals surface area contributed by atoms with Crippen LogP contribution in [0.3, 0.4) is 0 Å². The number of aryl methyl sites for hydroxylation is 2. The smallest absolute Gasteiger partial charge is 0.243 e. The maximum absolute atomic E-state index is 12.4. The molecule has 0 atom stereocenters. The normalized spacial score (nSPS) is 13.5. The minimum atomic E-state index is -0.133. The van der Waals surface area contributed by atoms with Gasteiger partial charge in [-0.25, -0.2) is 9.97 Å². The van der Waals surface area contributed by atoms with Crippen molar-refractivity contribution in [2.45, 2.75) is 32.6 Å². The van der Waals surface area contributed by atoms with Crippen molar-refractivity contribution in [3.05, 3.63) is 45.6 Å². The lowest BCUT2D eigenvalue weighted by molar-refractivity contribution is -0.114. The average Bonchev–Trinajstić information content (AvgIpc) is 3.03.